The third-order valence-electron chi connectivity index (χ3n) is 5.03. The van der Waals surface area contributed by atoms with Crippen LogP contribution in [-0.2, 0) is 12.8 Å². The minimum Gasteiger partial charge on any atom is -0.438 e. The molecule has 0 radical (unpaired) electrons. The number of carbonyl (C=O) groups excluding carboxylic acids is 1. The average molecular weight is 362 g/mol. The maximum Gasteiger partial charge on any atom is 0.292 e. The highest BCUT2D eigenvalue weighted by Crippen LogP contribution is 2.34. The molecule has 5 heterocycles. The highest BCUT2D eigenvalue weighted by molar-refractivity contribution is 5.93. The molecule has 1 aliphatic heterocycles. The van der Waals surface area contributed by atoms with Crippen molar-refractivity contribution in [3.05, 3.63) is 71.7 Å². The van der Waals surface area contributed by atoms with Gasteiger partial charge in [-0.05, 0) is 24.6 Å². The fourth-order valence-corrected chi connectivity index (χ4v) is 3.71. The molecule has 0 saturated carbocycles. The van der Waals surface area contributed by atoms with E-state index in [2.05, 4.69) is 15.0 Å². The van der Waals surface area contributed by atoms with E-state index in [1.165, 1.54) is 6.39 Å². The summed E-state index contributed by atoms with van der Waals surface area (Å²) in [5, 5.41) is 4.69. The number of hydrogen-bond acceptors (Lipinski definition) is 5. The summed E-state index contributed by atoms with van der Waals surface area (Å²) < 4.78 is 7.24. The van der Waals surface area contributed by atoms with Crippen molar-refractivity contribution in [2.24, 2.45) is 0 Å². The molecule has 0 fully saturated rings. The summed E-state index contributed by atoms with van der Waals surface area (Å²) in [6.07, 6.45) is 6.24. The number of carbonyl (C=O) groups is 1. The predicted molar refractivity (Wildman–Crippen MR) is 96.2 cm³/mol. The van der Waals surface area contributed by atoms with Crippen LogP contribution in [0.1, 0.15) is 46.3 Å². The largest absolute Gasteiger partial charge is 0.438 e. The van der Waals surface area contributed by atoms with E-state index in [1.807, 2.05) is 41.9 Å². The minimum atomic E-state index is -0.373. The highest BCUT2D eigenvalue weighted by atomic mass is 16.3. The number of imidazole rings is 1. The zero-order chi connectivity index (χ0) is 18.4. The van der Waals surface area contributed by atoms with Gasteiger partial charge in [0.2, 0.25) is 5.76 Å². The molecule has 136 valence electrons. The second-order valence-electron chi connectivity index (χ2n) is 6.54. The molecule has 1 aliphatic rings. The number of nitrogens with zero attached hydrogens (tertiary/aromatic N) is 5. The number of fused-ring (bicyclic) bond motifs is 2. The summed E-state index contributed by atoms with van der Waals surface area (Å²) in [5.74, 6) is 0.116. The third kappa shape index (κ3) is 2.44. The van der Waals surface area contributed by atoms with Gasteiger partial charge < -0.3 is 14.3 Å². The lowest BCUT2D eigenvalue weighted by molar-refractivity contribution is 0.0653. The van der Waals surface area contributed by atoms with Gasteiger partial charge in [0.05, 0.1) is 28.9 Å². The molecule has 0 spiro atoms. The summed E-state index contributed by atoms with van der Waals surface area (Å²) in [5.41, 5.74) is 4.28. The molecule has 0 aromatic carbocycles. The molecule has 0 unspecified atom stereocenters. The average Bonchev–Trinajstić information content (AvgIpc) is 3.44. The van der Waals surface area contributed by atoms with E-state index >= 15 is 0 Å². The number of aromatic nitrogens is 5. The molecule has 27 heavy (non-hydrogen) atoms. The number of nitrogens with one attached hydrogen (secondary N) is 1. The van der Waals surface area contributed by atoms with Crippen molar-refractivity contribution >= 4 is 11.4 Å². The Bertz CT molecular complexity index is 1090. The van der Waals surface area contributed by atoms with Gasteiger partial charge in [0.1, 0.15) is 6.04 Å². The van der Waals surface area contributed by atoms with Crippen molar-refractivity contribution < 1.29 is 9.21 Å². The monoisotopic (exact) mass is 362 g/mol. The molecule has 8 heteroatoms. The summed E-state index contributed by atoms with van der Waals surface area (Å²) >= 11 is 0. The van der Waals surface area contributed by atoms with Crippen LogP contribution in [0.15, 0.2) is 47.6 Å². The van der Waals surface area contributed by atoms with Crippen molar-refractivity contribution in [2.75, 3.05) is 6.54 Å². The van der Waals surface area contributed by atoms with Gasteiger partial charge in [0.15, 0.2) is 6.39 Å². The van der Waals surface area contributed by atoms with Crippen LogP contribution in [0.25, 0.3) is 5.52 Å². The number of aryl methyl sites for hydroxylation is 1. The summed E-state index contributed by atoms with van der Waals surface area (Å²) in [7, 11) is 0. The number of amides is 1. The summed E-state index contributed by atoms with van der Waals surface area (Å²) in [6, 6.07) is 7.50. The number of pyridine rings is 1. The highest BCUT2D eigenvalue weighted by Gasteiger charge is 2.37. The zero-order valence-corrected chi connectivity index (χ0v) is 14.8. The lowest BCUT2D eigenvalue weighted by atomic mass is 9.99. The third-order valence-corrected chi connectivity index (χ3v) is 5.03. The van der Waals surface area contributed by atoms with Gasteiger partial charge >= 0.3 is 0 Å². The first-order chi connectivity index (χ1) is 13.3. The molecule has 8 nitrogen and oxygen atoms in total. The number of H-pyrrole nitrogens is 1. The number of hydrogen-bond donors (Lipinski definition) is 1. The summed E-state index contributed by atoms with van der Waals surface area (Å²) in [4.78, 5) is 26.9. The maximum absolute atomic E-state index is 13.3. The Morgan fingerprint density at radius 3 is 3.15 bits per heavy atom. The van der Waals surface area contributed by atoms with Crippen molar-refractivity contribution in [3.63, 3.8) is 0 Å². The van der Waals surface area contributed by atoms with Crippen LogP contribution >= 0.6 is 0 Å². The number of rotatable bonds is 3. The second kappa shape index (κ2) is 6.08. The van der Waals surface area contributed by atoms with E-state index in [-0.39, 0.29) is 11.9 Å². The van der Waals surface area contributed by atoms with E-state index in [1.54, 1.807) is 11.2 Å². The predicted octanol–water partition coefficient (Wildman–Crippen LogP) is 2.40. The molecule has 0 saturated heterocycles. The van der Waals surface area contributed by atoms with Crippen LogP contribution in [0.5, 0.6) is 0 Å². The fourth-order valence-electron chi connectivity index (χ4n) is 3.71. The Hall–Kier alpha value is -3.42. The van der Waals surface area contributed by atoms with Crippen molar-refractivity contribution in [1.82, 2.24) is 29.5 Å². The smallest absolute Gasteiger partial charge is 0.292 e. The quantitative estimate of drug-likeness (QED) is 0.604. The molecule has 4 aromatic heterocycles. The first-order valence-electron chi connectivity index (χ1n) is 8.96. The topological polar surface area (TPSA) is 92.3 Å². The van der Waals surface area contributed by atoms with E-state index in [9.17, 15) is 4.79 Å². The fraction of sp³-hybridized carbons (Fsp3) is 0.263. The second-order valence-corrected chi connectivity index (χ2v) is 6.54. The Morgan fingerprint density at radius 1 is 1.37 bits per heavy atom. The van der Waals surface area contributed by atoms with Crippen LogP contribution in [0, 0.1) is 0 Å². The van der Waals surface area contributed by atoms with E-state index in [0.717, 1.165) is 22.6 Å². The Balaban J connectivity index is 1.63. The van der Waals surface area contributed by atoms with Gasteiger partial charge in [-0.1, -0.05) is 13.0 Å². The standard InChI is InChI=1S/C19H18N6O2/c1-2-13-18(27-11-22-13)19(26)24-8-6-14-16(21-10-20-14)17(24)15-9-12-5-3-4-7-25(12)23-15/h3-5,7,9-11,17H,2,6,8H2,1H3,(H,20,21)/t17-/m0/s1. The Morgan fingerprint density at radius 2 is 2.30 bits per heavy atom. The van der Waals surface area contributed by atoms with Gasteiger partial charge in [-0.3, -0.25) is 4.79 Å². The molecular formula is C19H18N6O2. The lowest BCUT2D eigenvalue weighted by Gasteiger charge is -2.33. The molecule has 5 rings (SSSR count). The van der Waals surface area contributed by atoms with Gasteiger partial charge in [-0.2, -0.15) is 5.10 Å². The number of aromatic amines is 1. The first kappa shape index (κ1) is 15.8. The van der Waals surface area contributed by atoms with E-state index in [4.69, 9.17) is 9.52 Å². The van der Waals surface area contributed by atoms with Crippen molar-refractivity contribution in [1.29, 1.82) is 0 Å². The first-order valence-corrected chi connectivity index (χ1v) is 8.96. The Labute approximate surface area is 154 Å². The lowest BCUT2D eigenvalue weighted by Crippen LogP contribution is -2.41. The molecule has 1 atom stereocenters. The minimum absolute atomic E-state index is 0.181. The molecule has 1 N–H and O–H groups in total. The molecule has 4 aromatic rings. The normalized spacial score (nSPS) is 16.6. The van der Waals surface area contributed by atoms with Crippen LogP contribution in [0.2, 0.25) is 0 Å². The summed E-state index contributed by atoms with van der Waals surface area (Å²) in [6.45, 7) is 2.51. The van der Waals surface area contributed by atoms with Crippen molar-refractivity contribution in [2.45, 2.75) is 25.8 Å². The van der Waals surface area contributed by atoms with Crippen LogP contribution in [0.4, 0.5) is 0 Å². The number of oxazole rings is 1. The van der Waals surface area contributed by atoms with Gasteiger partial charge in [0, 0.05) is 24.9 Å². The van der Waals surface area contributed by atoms with Gasteiger partial charge in [0.25, 0.3) is 5.91 Å². The SMILES string of the molecule is CCc1ncoc1C(=O)N1CCc2[nH]cnc2[C@@H]1c1cc2ccccn2n1. The van der Waals surface area contributed by atoms with Crippen LogP contribution in [-0.4, -0.2) is 41.9 Å². The molecular weight excluding hydrogens is 344 g/mol. The van der Waals surface area contributed by atoms with Gasteiger partial charge in [-0.15, -0.1) is 0 Å². The maximum atomic E-state index is 13.3. The molecule has 1 amide bonds. The van der Waals surface area contributed by atoms with Crippen molar-refractivity contribution in [3.8, 4) is 0 Å². The van der Waals surface area contributed by atoms with Gasteiger partial charge in [-0.25, -0.2) is 14.5 Å². The molecule has 0 bridgehead atoms. The molecule has 0 aliphatic carbocycles. The van der Waals surface area contributed by atoms with E-state index < -0.39 is 0 Å². The van der Waals surface area contributed by atoms with E-state index in [0.29, 0.717) is 30.8 Å². The van der Waals surface area contributed by atoms with Crippen LogP contribution < -0.4 is 0 Å². The Kier molecular flexibility index (Phi) is 3.56. The zero-order valence-electron chi connectivity index (χ0n) is 14.8. The van der Waals surface area contributed by atoms with Crippen LogP contribution in [0.3, 0.4) is 0 Å².